The molecule has 53 heavy (non-hydrogen) atoms. The molecule has 5 aliphatic rings. The summed E-state index contributed by atoms with van der Waals surface area (Å²) in [5.74, 6) is -0.634. The molecule has 9 heteroatoms. The van der Waals surface area contributed by atoms with Crippen molar-refractivity contribution in [2.24, 2.45) is 28.6 Å². The summed E-state index contributed by atoms with van der Waals surface area (Å²) in [6.07, 6.45) is 7.80. The summed E-state index contributed by atoms with van der Waals surface area (Å²) in [7, 11) is 0. The number of allylic oxidation sites excluding steroid dienone is 1. The van der Waals surface area contributed by atoms with Gasteiger partial charge in [0.15, 0.2) is 12.4 Å². The van der Waals surface area contributed by atoms with Crippen LogP contribution in [0.25, 0.3) is 0 Å². The summed E-state index contributed by atoms with van der Waals surface area (Å²) in [6.45, 7) is 6.82. The Bertz CT molecular complexity index is 1890. The van der Waals surface area contributed by atoms with Crippen LogP contribution in [0, 0.1) is 28.6 Å². The number of carbonyl (C=O) groups excluding carboxylic acids is 2. The molecule has 11 atom stereocenters. The van der Waals surface area contributed by atoms with Crippen LogP contribution in [0.3, 0.4) is 0 Å². The van der Waals surface area contributed by atoms with Gasteiger partial charge in [-0.05, 0) is 110 Å². The first-order chi connectivity index (χ1) is 25.5. The highest BCUT2D eigenvalue weighted by Gasteiger charge is 2.66. The molecule has 280 valence electrons. The lowest BCUT2D eigenvalue weighted by molar-refractivity contribution is -0.267. The third kappa shape index (κ3) is 6.28. The predicted octanol–water partition coefficient (Wildman–Crippen LogP) is 7.63. The molecule has 2 aromatic carbocycles. The van der Waals surface area contributed by atoms with Crippen molar-refractivity contribution >= 4 is 11.9 Å². The van der Waals surface area contributed by atoms with Crippen molar-refractivity contribution in [2.75, 3.05) is 6.61 Å². The normalized spacial score (nSPS) is 37.7. The maximum absolute atomic E-state index is 13.4. The molecule has 3 unspecified atom stereocenters. The van der Waals surface area contributed by atoms with Crippen LogP contribution in [-0.2, 0) is 18.9 Å². The van der Waals surface area contributed by atoms with E-state index in [-0.39, 0.29) is 46.9 Å². The minimum Gasteiger partial charge on any atom is -0.454 e. The maximum atomic E-state index is 13.4. The van der Waals surface area contributed by atoms with E-state index in [2.05, 4.69) is 19.9 Å². The number of hydrogen-bond donors (Lipinski definition) is 1. The molecule has 0 bridgehead atoms. The zero-order chi connectivity index (χ0) is 37.0. The highest BCUT2D eigenvalue weighted by molar-refractivity contribution is 5.90. The maximum Gasteiger partial charge on any atom is 0.338 e. The van der Waals surface area contributed by atoms with Gasteiger partial charge in [0, 0.05) is 17.4 Å². The Morgan fingerprint density at radius 2 is 1.47 bits per heavy atom. The van der Waals surface area contributed by atoms with E-state index in [1.54, 1.807) is 54.8 Å². The predicted molar refractivity (Wildman–Crippen MR) is 196 cm³/mol. The second-order valence-electron chi connectivity index (χ2n) is 16.6. The van der Waals surface area contributed by atoms with E-state index in [9.17, 15) is 19.5 Å². The lowest BCUT2D eigenvalue weighted by atomic mass is 9.45. The first kappa shape index (κ1) is 36.0. The number of benzene rings is 2. The number of esters is 2. The Balaban J connectivity index is 1.02. The van der Waals surface area contributed by atoms with Gasteiger partial charge in [-0.1, -0.05) is 68.8 Å². The summed E-state index contributed by atoms with van der Waals surface area (Å²) in [5.41, 5.74) is 1.64. The molecular formula is C44H50O9. The van der Waals surface area contributed by atoms with Crippen molar-refractivity contribution < 1.29 is 38.1 Å². The summed E-state index contributed by atoms with van der Waals surface area (Å²) in [5, 5.41) is 12.7. The fraction of sp³-hybridized carbons (Fsp3) is 0.523. The number of ether oxygens (including phenoxy) is 4. The van der Waals surface area contributed by atoms with Crippen LogP contribution >= 0.6 is 0 Å². The average molecular weight is 723 g/mol. The molecule has 1 saturated heterocycles. The number of carbonyl (C=O) groups is 2. The summed E-state index contributed by atoms with van der Waals surface area (Å²) in [4.78, 5) is 38.4. The lowest BCUT2D eigenvalue weighted by Gasteiger charge is -2.62. The molecule has 1 aromatic heterocycles. The van der Waals surface area contributed by atoms with Crippen LogP contribution < -0.4 is 5.63 Å². The van der Waals surface area contributed by atoms with Gasteiger partial charge >= 0.3 is 17.6 Å². The fourth-order valence-corrected chi connectivity index (χ4v) is 10.9. The van der Waals surface area contributed by atoms with E-state index < -0.39 is 36.0 Å². The Morgan fingerprint density at radius 1 is 0.792 bits per heavy atom. The van der Waals surface area contributed by atoms with Crippen LogP contribution in [0.2, 0.25) is 0 Å². The van der Waals surface area contributed by atoms with Gasteiger partial charge in [0.25, 0.3) is 0 Å². The number of hydrogen-bond acceptors (Lipinski definition) is 9. The molecule has 0 amide bonds. The van der Waals surface area contributed by atoms with Gasteiger partial charge in [-0.25, -0.2) is 14.4 Å². The van der Waals surface area contributed by atoms with Crippen molar-refractivity contribution in [1.29, 1.82) is 0 Å². The minimum atomic E-state index is -0.986. The van der Waals surface area contributed by atoms with Crippen molar-refractivity contribution in [2.45, 2.75) is 108 Å². The van der Waals surface area contributed by atoms with E-state index >= 15 is 0 Å². The molecule has 1 aliphatic heterocycles. The van der Waals surface area contributed by atoms with Gasteiger partial charge in [0.05, 0.1) is 35.7 Å². The first-order valence-electron chi connectivity index (χ1n) is 19.3. The fourth-order valence-electron chi connectivity index (χ4n) is 10.9. The molecule has 4 aliphatic carbocycles. The molecule has 2 heterocycles. The zero-order valence-electron chi connectivity index (χ0n) is 30.8. The first-order valence-corrected chi connectivity index (χ1v) is 19.3. The number of rotatable bonds is 7. The Hall–Kier alpha value is -4.05. The van der Waals surface area contributed by atoms with Crippen LogP contribution in [0.1, 0.15) is 104 Å². The second kappa shape index (κ2) is 14.0. The van der Waals surface area contributed by atoms with Crippen LogP contribution in [0.4, 0.5) is 0 Å². The van der Waals surface area contributed by atoms with E-state index in [0.29, 0.717) is 17.0 Å². The topological polar surface area (TPSA) is 122 Å². The molecule has 8 rings (SSSR count). The van der Waals surface area contributed by atoms with Crippen molar-refractivity contribution in [3.05, 3.63) is 118 Å². The van der Waals surface area contributed by atoms with Gasteiger partial charge in [0.2, 0.25) is 0 Å². The van der Waals surface area contributed by atoms with Gasteiger partial charge in [-0.2, -0.15) is 0 Å². The van der Waals surface area contributed by atoms with Gasteiger partial charge in [0.1, 0.15) is 6.10 Å². The number of fused-ring (bicyclic) bond motifs is 5. The standard InChI is InChI=1S/C44H50O9/c1-27-25-50-41(38(53-40(47)29-12-8-5-9-13-29)37(27)52-39(46)28-10-6-4-7-11-28)51-32-18-21-42(2)31(24-32)15-16-35-34(42)19-22-43(3)33(20-23-44(35,43)48)30-14-17-36(45)49-26-30/h4-14,17,24,26-27,32-35,37-38,41,48H,15-16,18-23,25H2,1-3H3/t27-,32-,33+,34?,35?,37+,38-,41?,42-,43+,44-/m0/s1. The van der Waals surface area contributed by atoms with Crippen molar-refractivity contribution in [3.8, 4) is 0 Å². The summed E-state index contributed by atoms with van der Waals surface area (Å²) >= 11 is 0. The largest absolute Gasteiger partial charge is 0.454 e. The number of aliphatic hydroxyl groups is 1. The highest BCUT2D eigenvalue weighted by Crippen LogP contribution is 2.70. The van der Waals surface area contributed by atoms with E-state index in [4.69, 9.17) is 23.4 Å². The highest BCUT2D eigenvalue weighted by atomic mass is 16.7. The third-order valence-corrected chi connectivity index (χ3v) is 13.9. The van der Waals surface area contributed by atoms with Crippen LogP contribution in [0.15, 0.2) is 99.9 Å². The molecule has 3 aromatic rings. The quantitative estimate of drug-likeness (QED) is 0.194. The Morgan fingerprint density at radius 3 is 2.13 bits per heavy atom. The SMILES string of the molecule is C[C@H]1COC(O[C@@H]2C=C3CCC4C(CC[C@]5(C)[C@@H](c6ccc(=O)oc6)CC[C@]45O)[C@@]3(C)CC2)[C@@H](OC(=O)c2ccccc2)[C@@H]1OC(=O)c1ccccc1. The van der Waals surface area contributed by atoms with Crippen molar-refractivity contribution in [3.63, 3.8) is 0 Å². The molecule has 1 N–H and O–H groups in total. The molecule has 0 spiro atoms. The zero-order valence-corrected chi connectivity index (χ0v) is 30.8. The van der Waals surface area contributed by atoms with Gasteiger partial charge in [-0.3, -0.25) is 0 Å². The third-order valence-electron chi connectivity index (χ3n) is 13.9. The molecule has 9 nitrogen and oxygen atoms in total. The smallest absolute Gasteiger partial charge is 0.338 e. The molecule has 4 fully saturated rings. The van der Waals surface area contributed by atoms with E-state index in [0.717, 1.165) is 56.9 Å². The monoisotopic (exact) mass is 722 g/mol. The Labute approximate surface area is 310 Å². The average Bonchev–Trinajstić information content (AvgIpc) is 3.45. The van der Waals surface area contributed by atoms with Crippen molar-refractivity contribution in [1.82, 2.24) is 0 Å². The summed E-state index contributed by atoms with van der Waals surface area (Å²) < 4.78 is 30.4. The van der Waals surface area contributed by atoms with E-state index in [1.807, 2.05) is 25.1 Å². The Kier molecular flexibility index (Phi) is 9.48. The lowest BCUT2D eigenvalue weighted by Crippen LogP contribution is -2.60. The summed E-state index contributed by atoms with van der Waals surface area (Å²) in [6, 6.07) is 20.9. The van der Waals surface area contributed by atoms with Gasteiger partial charge < -0.3 is 28.5 Å². The van der Waals surface area contributed by atoms with E-state index in [1.165, 1.54) is 11.6 Å². The molecular weight excluding hydrogens is 672 g/mol. The molecule has 0 radical (unpaired) electrons. The molecule has 3 saturated carbocycles. The second-order valence-corrected chi connectivity index (χ2v) is 16.6. The minimum absolute atomic E-state index is 0.0771. The van der Waals surface area contributed by atoms with Crippen LogP contribution in [0.5, 0.6) is 0 Å². The van der Waals surface area contributed by atoms with Gasteiger partial charge in [-0.15, -0.1) is 0 Å². The van der Waals surface area contributed by atoms with Crippen LogP contribution in [-0.4, -0.2) is 53.9 Å².